The lowest BCUT2D eigenvalue weighted by molar-refractivity contribution is 0.0165. The minimum atomic E-state index is -0.553. The Morgan fingerprint density at radius 2 is 1.92 bits per heavy atom. The number of carbonyl (C=O) groups is 1. The van der Waals surface area contributed by atoms with Gasteiger partial charge >= 0.3 is 6.09 Å². The molecule has 0 spiro atoms. The molecule has 2 atom stereocenters. The molecule has 5 nitrogen and oxygen atoms in total. The van der Waals surface area contributed by atoms with E-state index < -0.39 is 11.7 Å². The summed E-state index contributed by atoms with van der Waals surface area (Å²) in [4.78, 5) is 13.9. The van der Waals surface area contributed by atoms with Gasteiger partial charge in [-0.3, -0.25) is 4.90 Å². The molecule has 1 aromatic carbocycles. The molecule has 1 saturated heterocycles. The molecule has 0 bridgehead atoms. The highest BCUT2D eigenvalue weighted by Crippen LogP contribution is 2.26. The van der Waals surface area contributed by atoms with E-state index in [0.717, 1.165) is 5.75 Å². The molecule has 2 rings (SSSR count). The average molecular weight is 335 g/mol. The summed E-state index contributed by atoms with van der Waals surface area (Å²) >= 11 is 0. The van der Waals surface area contributed by atoms with Crippen LogP contribution >= 0.6 is 0 Å². The molecule has 0 unspecified atom stereocenters. The molecule has 0 aromatic heterocycles. The molecule has 0 radical (unpaired) electrons. The third-order valence-corrected chi connectivity index (χ3v) is 4.06. The predicted octanol–water partition coefficient (Wildman–Crippen LogP) is 3.56. The zero-order valence-electron chi connectivity index (χ0n) is 15.3. The molecule has 5 heteroatoms. The number of hydrogen-bond acceptors (Lipinski definition) is 4. The van der Waals surface area contributed by atoms with Crippen molar-refractivity contribution in [1.29, 1.82) is 0 Å². The van der Waals surface area contributed by atoms with Crippen molar-refractivity contribution in [2.45, 2.75) is 64.7 Å². The van der Waals surface area contributed by atoms with Crippen LogP contribution in [-0.2, 0) is 4.74 Å². The summed E-state index contributed by atoms with van der Waals surface area (Å²) in [6.45, 7) is 10.1. The topological polar surface area (TPSA) is 59.0 Å². The second-order valence-electron chi connectivity index (χ2n) is 7.67. The Kier molecular flexibility index (Phi) is 5.75. The Morgan fingerprint density at radius 1 is 1.29 bits per heavy atom. The van der Waals surface area contributed by atoms with E-state index in [1.54, 1.807) is 4.90 Å². The Hall–Kier alpha value is -1.75. The molecule has 134 valence electrons. The number of amides is 1. The highest BCUT2D eigenvalue weighted by molar-refractivity contribution is 5.69. The van der Waals surface area contributed by atoms with Crippen molar-refractivity contribution in [2.24, 2.45) is 0 Å². The lowest BCUT2D eigenvalue weighted by atomic mass is 10.0. The van der Waals surface area contributed by atoms with Gasteiger partial charge in [0.2, 0.25) is 0 Å². The molecule has 1 heterocycles. The van der Waals surface area contributed by atoms with E-state index in [-0.39, 0.29) is 18.8 Å². The van der Waals surface area contributed by atoms with Gasteiger partial charge in [0.15, 0.2) is 0 Å². The third-order valence-electron chi connectivity index (χ3n) is 4.06. The fraction of sp³-hybridized carbons (Fsp3) is 0.632. The monoisotopic (exact) mass is 335 g/mol. The zero-order valence-corrected chi connectivity index (χ0v) is 15.3. The fourth-order valence-corrected chi connectivity index (χ4v) is 2.80. The lowest BCUT2D eigenvalue weighted by Crippen LogP contribution is -2.41. The smallest absolute Gasteiger partial charge is 0.410 e. The molecule has 1 aliphatic heterocycles. The van der Waals surface area contributed by atoms with Crippen LogP contribution in [0.2, 0.25) is 0 Å². The van der Waals surface area contributed by atoms with Crippen molar-refractivity contribution in [3.05, 3.63) is 29.8 Å². The molecule has 1 aliphatic rings. The van der Waals surface area contributed by atoms with Crippen LogP contribution in [0.1, 0.15) is 52.5 Å². The summed E-state index contributed by atoms with van der Waals surface area (Å²) < 4.78 is 11.4. The van der Waals surface area contributed by atoms with E-state index in [2.05, 4.69) is 26.0 Å². The van der Waals surface area contributed by atoms with Crippen LogP contribution < -0.4 is 4.74 Å². The minimum Gasteiger partial charge on any atom is -0.489 e. The third kappa shape index (κ3) is 4.87. The Balaban J connectivity index is 1.99. The first-order chi connectivity index (χ1) is 11.2. The van der Waals surface area contributed by atoms with Crippen LogP contribution in [0.25, 0.3) is 0 Å². The summed E-state index contributed by atoms with van der Waals surface area (Å²) in [7, 11) is 0. The summed E-state index contributed by atoms with van der Waals surface area (Å²) in [5.41, 5.74) is 0.709. The van der Waals surface area contributed by atoms with Crippen LogP contribution in [0.15, 0.2) is 24.3 Å². The summed E-state index contributed by atoms with van der Waals surface area (Å²) in [6.07, 6.45) is 0.0594. The normalized spacial score (nSPS) is 21.2. The quantitative estimate of drug-likeness (QED) is 0.914. The van der Waals surface area contributed by atoms with Gasteiger partial charge in [0.1, 0.15) is 17.5 Å². The second kappa shape index (κ2) is 7.43. The first kappa shape index (κ1) is 18.6. The first-order valence-electron chi connectivity index (χ1n) is 8.56. The Labute approximate surface area is 144 Å². The van der Waals surface area contributed by atoms with Gasteiger partial charge in [0, 0.05) is 6.42 Å². The van der Waals surface area contributed by atoms with Crippen molar-refractivity contribution in [3.63, 3.8) is 0 Å². The molecule has 1 amide bonds. The first-order valence-corrected chi connectivity index (χ1v) is 8.56. The number of aliphatic hydroxyl groups is 1. The number of nitrogens with zero attached hydrogens (tertiary/aromatic N) is 1. The lowest BCUT2D eigenvalue weighted by Gasteiger charge is -2.27. The molecule has 1 fully saturated rings. The van der Waals surface area contributed by atoms with Crippen LogP contribution in [0, 0.1) is 0 Å². The number of benzene rings is 1. The number of rotatable bonds is 4. The van der Waals surface area contributed by atoms with E-state index >= 15 is 0 Å². The number of ether oxygens (including phenoxy) is 2. The van der Waals surface area contributed by atoms with Crippen LogP contribution in [0.5, 0.6) is 5.75 Å². The highest BCUT2D eigenvalue weighted by atomic mass is 16.6. The predicted molar refractivity (Wildman–Crippen MR) is 93.4 cm³/mol. The van der Waals surface area contributed by atoms with Gasteiger partial charge in [0.05, 0.1) is 19.2 Å². The molecule has 1 N–H and O–H groups in total. The maximum atomic E-state index is 12.3. The van der Waals surface area contributed by atoms with E-state index in [1.165, 1.54) is 5.56 Å². The fourth-order valence-electron chi connectivity index (χ4n) is 2.80. The van der Waals surface area contributed by atoms with E-state index in [9.17, 15) is 9.90 Å². The molecular weight excluding hydrogens is 306 g/mol. The van der Waals surface area contributed by atoms with Crippen LogP contribution in [0.3, 0.4) is 0 Å². The number of aliphatic hydroxyl groups excluding tert-OH is 1. The standard InChI is InChI=1S/C19H29NO4/c1-13(2)14-6-8-16(9-7-14)23-17-10-15(12-21)20(11-17)18(22)24-19(3,4)5/h6-9,13,15,17,21H,10-12H2,1-5H3/t15-,17-/m0/s1. The average Bonchev–Trinajstić information content (AvgIpc) is 2.89. The van der Waals surface area contributed by atoms with Gasteiger partial charge in [0.25, 0.3) is 0 Å². The van der Waals surface area contributed by atoms with Crippen molar-refractivity contribution in [2.75, 3.05) is 13.2 Å². The van der Waals surface area contributed by atoms with E-state index in [1.807, 2.05) is 32.9 Å². The molecule has 0 aliphatic carbocycles. The second-order valence-corrected chi connectivity index (χ2v) is 7.67. The van der Waals surface area contributed by atoms with E-state index in [4.69, 9.17) is 9.47 Å². The maximum Gasteiger partial charge on any atom is 0.410 e. The van der Waals surface area contributed by atoms with Gasteiger partial charge in [-0.2, -0.15) is 0 Å². The summed E-state index contributed by atoms with van der Waals surface area (Å²) in [6, 6.07) is 7.77. The summed E-state index contributed by atoms with van der Waals surface area (Å²) in [5, 5.41) is 9.56. The molecule has 0 saturated carbocycles. The Morgan fingerprint density at radius 3 is 2.42 bits per heavy atom. The van der Waals surface area contributed by atoms with Crippen LogP contribution in [0.4, 0.5) is 4.79 Å². The van der Waals surface area contributed by atoms with Gasteiger partial charge in [-0.05, 0) is 44.4 Å². The largest absolute Gasteiger partial charge is 0.489 e. The van der Waals surface area contributed by atoms with Crippen molar-refractivity contribution in [1.82, 2.24) is 4.90 Å². The molecular formula is C19H29NO4. The maximum absolute atomic E-state index is 12.3. The van der Waals surface area contributed by atoms with Crippen molar-refractivity contribution < 1.29 is 19.4 Å². The minimum absolute atomic E-state index is 0.0919. The SMILES string of the molecule is CC(C)c1ccc(O[C@H]2C[C@@H](CO)N(C(=O)OC(C)(C)C)C2)cc1. The van der Waals surface area contributed by atoms with Crippen molar-refractivity contribution in [3.8, 4) is 5.75 Å². The van der Waals surface area contributed by atoms with Crippen LogP contribution in [-0.4, -0.2) is 47.0 Å². The van der Waals surface area contributed by atoms with Gasteiger partial charge in [-0.15, -0.1) is 0 Å². The number of likely N-dealkylation sites (tertiary alicyclic amines) is 1. The van der Waals surface area contributed by atoms with Gasteiger partial charge < -0.3 is 14.6 Å². The van der Waals surface area contributed by atoms with E-state index in [0.29, 0.717) is 18.9 Å². The number of carbonyl (C=O) groups excluding carboxylic acids is 1. The van der Waals surface area contributed by atoms with Crippen molar-refractivity contribution >= 4 is 6.09 Å². The highest BCUT2D eigenvalue weighted by Gasteiger charge is 2.38. The van der Waals surface area contributed by atoms with Gasteiger partial charge in [-0.25, -0.2) is 4.79 Å². The Bertz CT molecular complexity index is 547. The molecule has 24 heavy (non-hydrogen) atoms. The summed E-state index contributed by atoms with van der Waals surface area (Å²) in [5.74, 6) is 1.26. The molecule has 1 aromatic rings. The number of hydrogen-bond donors (Lipinski definition) is 1. The zero-order chi connectivity index (χ0) is 17.9. The van der Waals surface area contributed by atoms with Gasteiger partial charge in [-0.1, -0.05) is 26.0 Å².